The zero-order valence-electron chi connectivity index (χ0n) is 18.7. The highest BCUT2D eigenvalue weighted by molar-refractivity contribution is 7.89. The van der Waals surface area contributed by atoms with Gasteiger partial charge in [0.05, 0.1) is 33.5 Å². The van der Waals surface area contributed by atoms with Crippen molar-refractivity contribution in [3.8, 4) is 0 Å². The Bertz CT molecular complexity index is 1210. The number of carbonyl (C=O) groups is 1. The molecule has 0 radical (unpaired) electrons. The van der Waals surface area contributed by atoms with E-state index < -0.39 is 37.2 Å². The van der Waals surface area contributed by atoms with E-state index >= 15 is 0 Å². The molecular weight excluding hydrogens is 468 g/mol. The van der Waals surface area contributed by atoms with Gasteiger partial charge < -0.3 is 9.64 Å². The Labute approximate surface area is 196 Å². The molecule has 2 aromatic carbocycles. The number of ether oxygens (including phenoxy) is 1. The van der Waals surface area contributed by atoms with Gasteiger partial charge in [0.15, 0.2) is 0 Å². The lowest BCUT2D eigenvalue weighted by Crippen LogP contribution is -2.49. The third-order valence-electron chi connectivity index (χ3n) is 5.54. The predicted octanol–water partition coefficient (Wildman–Crippen LogP) is 2.75. The maximum absolute atomic E-state index is 13.1. The molecule has 182 valence electrons. The van der Waals surface area contributed by atoms with E-state index in [4.69, 9.17) is 0 Å². The standard InChI is InChI=1S/C21H24N4O8S/c1-3-4-15-5-7-17(8-6-15)34(31,32)23-11-9-22(10-12-23)20-18(21(26)33-2)13-16(24(27)28)14-19(20)25(29)30/h5-8,13-14H,3-4,9-12H2,1-2H3. The van der Waals surface area contributed by atoms with Crippen LogP contribution < -0.4 is 4.90 Å². The number of piperazine rings is 1. The Hall–Kier alpha value is -3.58. The van der Waals surface area contributed by atoms with Crippen molar-refractivity contribution >= 4 is 33.1 Å². The fourth-order valence-electron chi connectivity index (χ4n) is 3.86. The van der Waals surface area contributed by atoms with Crippen molar-refractivity contribution in [2.45, 2.75) is 24.7 Å². The van der Waals surface area contributed by atoms with E-state index in [1.807, 2.05) is 6.92 Å². The van der Waals surface area contributed by atoms with Gasteiger partial charge in [0.1, 0.15) is 5.69 Å². The Balaban J connectivity index is 1.90. The minimum atomic E-state index is -3.78. The summed E-state index contributed by atoms with van der Waals surface area (Å²) >= 11 is 0. The molecule has 0 aromatic heterocycles. The first-order valence-electron chi connectivity index (χ1n) is 10.5. The first kappa shape index (κ1) is 25.1. The Morgan fingerprint density at radius 1 is 1.03 bits per heavy atom. The van der Waals surface area contributed by atoms with Crippen LogP contribution in [-0.4, -0.2) is 61.8 Å². The summed E-state index contributed by atoms with van der Waals surface area (Å²) in [7, 11) is -2.72. The Kier molecular flexibility index (Phi) is 7.47. The van der Waals surface area contributed by atoms with Gasteiger partial charge in [-0.2, -0.15) is 4.31 Å². The van der Waals surface area contributed by atoms with Crippen molar-refractivity contribution in [2.24, 2.45) is 0 Å². The number of esters is 1. The smallest absolute Gasteiger partial charge is 0.340 e. The van der Waals surface area contributed by atoms with Gasteiger partial charge in [-0.25, -0.2) is 13.2 Å². The van der Waals surface area contributed by atoms with Crippen molar-refractivity contribution < 1.29 is 27.8 Å². The van der Waals surface area contributed by atoms with E-state index in [1.54, 1.807) is 24.3 Å². The summed E-state index contributed by atoms with van der Waals surface area (Å²) in [5.41, 5.74) is -0.678. The van der Waals surface area contributed by atoms with Crippen molar-refractivity contribution in [1.29, 1.82) is 0 Å². The van der Waals surface area contributed by atoms with Gasteiger partial charge in [0.2, 0.25) is 10.0 Å². The molecule has 0 aliphatic carbocycles. The van der Waals surface area contributed by atoms with Crippen LogP contribution in [0.25, 0.3) is 0 Å². The minimum Gasteiger partial charge on any atom is -0.465 e. The Morgan fingerprint density at radius 3 is 2.15 bits per heavy atom. The zero-order chi connectivity index (χ0) is 25.0. The van der Waals surface area contributed by atoms with Crippen LogP contribution >= 0.6 is 0 Å². The van der Waals surface area contributed by atoms with Gasteiger partial charge in [0.25, 0.3) is 11.4 Å². The summed E-state index contributed by atoms with van der Waals surface area (Å²) in [4.78, 5) is 35.2. The van der Waals surface area contributed by atoms with E-state index in [0.717, 1.165) is 37.6 Å². The van der Waals surface area contributed by atoms with Crippen LogP contribution in [0.1, 0.15) is 29.3 Å². The molecule has 3 rings (SSSR count). The van der Waals surface area contributed by atoms with Crippen LogP contribution in [0.5, 0.6) is 0 Å². The number of aryl methyl sites for hydroxylation is 1. The molecule has 1 aliphatic heterocycles. The summed E-state index contributed by atoms with van der Waals surface area (Å²) < 4.78 is 32.1. The van der Waals surface area contributed by atoms with E-state index in [2.05, 4.69) is 4.74 Å². The second-order valence-electron chi connectivity index (χ2n) is 7.65. The maximum Gasteiger partial charge on any atom is 0.340 e. The van der Waals surface area contributed by atoms with Crippen molar-refractivity contribution in [1.82, 2.24) is 4.31 Å². The number of anilines is 1. The molecule has 0 amide bonds. The van der Waals surface area contributed by atoms with Gasteiger partial charge in [-0.15, -0.1) is 0 Å². The molecule has 34 heavy (non-hydrogen) atoms. The van der Waals surface area contributed by atoms with Gasteiger partial charge in [-0.1, -0.05) is 25.5 Å². The van der Waals surface area contributed by atoms with Gasteiger partial charge >= 0.3 is 5.97 Å². The average molecular weight is 493 g/mol. The van der Waals surface area contributed by atoms with Crippen LogP contribution in [-0.2, 0) is 21.2 Å². The predicted molar refractivity (Wildman–Crippen MR) is 122 cm³/mol. The summed E-state index contributed by atoms with van der Waals surface area (Å²) in [6, 6.07) is 8.37. The number of nitrogens with zero attached hydrogens (tertiary/aromatic N) is 4. The van der Waals surface area contributed by atoms with E-state index in [0.29, 0.717) is 0 Å². The molecule has 1 saturated heterocycles. The number of carbonyl (C=O) groups excluding carboxylic acids is 1. The molecule has 13 heteroatoms. The van der Waals surface area contributed by atoms with Crippen LogP contribution in [0.15, 0.2) is 41.3 Å². The van der Waals surface area contributed by atoms with Gasteiger partial charge in [-0.05, 0) is 24.1 Å². The third-order valence-corrected chi connectivity index (χ3v) is 7.45. The lowest BCUT2D eigenvalue weighted by Gasteiger charge is -2.35. The highest BCUT2D eigenvalue weighted by Crippen LogP contribution is 2.37. The SMILES string of the molecule is CCCc1ccc(S(=O)(=O)N2CCN(c3c(C(=O)OC)cc([N+](=O)[O-])cc3[N+](=O)[O-])CC2)cc1. The highest BCUT2D eigenvalue weighted by Gasteiger charge is 2.35. The number of non-ortho nitro benzene ring substituents is 1. The number of benzene rings is 2. The number of methoxy groups -OCH3 is 1. The van der Waals surface area contributed by atoms with Crippen molar-refractivity contribution in [3.05, 3.63) is 67.8 Å². The molecule has 1 aliphatic rings. The average Bonchev–Trinajstić information content (AvgIpc) is 2.83. The summed E-state index contributed by atoms with van der Waals surface area (Å²) in [6.07, 6.45) is 1.78. The molecule has 0 bridgehead atoms. The van der Waals surface area contributed by atoms with Crippen LogP contribution in [0, 0.1) is 20.2 Å². The Morgan fingerprint density at radius 2 is 1.65 bits per heavy atom. The summed E-state index contributed by atoms with van der Waals surface area (Å²) in [6.45, 7) is 2.12. The molecule has 12 nitrogen and oxygen atoms in total. The molecule has 0 spiro atoms. The van der Waals surface area contributed by atoms with Crippen LogP contribution in [0.4, 0.5) is 17.1 Å². The third kappa shape index (κ3) is 4.99. The highest BCUT2D eigenvalue weighted by atomic mass is 32.2. The first-order valence-corrected chi connectivity index (χ1v) is 11.9. The minimum absolute atomic E-state index is 0.00774. The second-order valence-corrected chi connectivity index (χ2v) is 9.59. The molecule has 2 aromatic rings. The molecule has 0 unspecified atom stereocenters. The molecule has 0 atom stereocenters. The number of hydrogen-bond acceptors (Lipinski definition) is 9. The maximum atomic E-state index is 13.1. The normalized spacial score (nSPS) is 14.6. The van der Waals surface area contributed by atoms with Crippen LogP contribution in [0.3, 0.4) is 0 Å². The molecule has 0 saturated carbocycles. The van der Waals surface area contributed by atoms with Crippen LogP contribution in [0.2, 0.25) is 0 Å². The zero-order valence-corrected chi connectivity index (χ0v) is 19.5. The van der Waals surface area contributed by atoms with E-state index in [9.17, 15) is 33.4 Å². The number of rotatable bonds is 8. The molecule has 0 N–H and O–H groups in total. The number of sulfonamides is 1. The second kappa shape index (κ2) is 10.1. The summed E-state index contributed by atoms with van der Waals surface area (Å²) in [5, 5.41) is 22.9. The topological polar surface area (TPSA) is 153 Å². The lowest BCUT2D eigenvalue weighted by atomic mass is 10.1. The fourth-order valence-corrected chi connectivity index (χ4v) is 5.29. The van der Waals surface area contributed by atoms with Gasteiger partial charge in [-0.3, -0.25) is 20.2 Å². The van der Waals surface area contributed by atoms with Crippen molar-refractivity contribution in [2.75, 3.05) is 38.2 Å². The molecule has 1 fully saturated rings. The number of nitro benzene ring substituents is 2. The number of hydrogen-bond donors (Lipinski definition) is 0. The van der Waals surface area contributed by atoms with Gasteiger partial charge in [0, 0.05) is 32.2 Å². The number of nitro groups is 2. The molecule has 1 heterocycles. The monoisotopic (exact) mass is 492 g/mol. The quantitative estimate of drug-likeness (QED) is 0.307. The first-order chi connectivity index (χ1) is 16.1. The summed E-state index contributed by atoms with van der Waals surface area (Å²) in [5.74, 6) is -0.968. The van der Waals surface area contributed by atoms with E-state index in [1.165, 1.54) is 9.21 Å². The fraction of sp³-hybridized carbons (Fsp3) is 0.381. The lowest BCUT2D eigenvalue weighted by molar-refractivity contribution is -0.393. The molecular formula is C21H24N4O8S. The van der Waals surface area contributed by atoms with E-state index in [-0.39, 0.29) is 42.3 Å². The van der Waals surface area contributed by atoms with Crippen molar-refractivity contribution in [3.63, 3.8) is 0 Å². The largest absolute Gasteiger partial charge is 0.465 e.